The molecule has 1 aromatic rings. The van der Waals surface area contributed by atoms with Crippen molar-refractivity contribution in [1.82, 2.24) is 0 Å². The molecular weight excluding hydrogens is 608 g/mol. The van der Waals surface area contributed by atoms with Gasteiger partial charge in [0.1, 0.15) is 11.9 Å². The maximum atomic E-state index is 13.0. The zero-order chi connectivity index (χ0) is 36.0. The molecule has 6 rings (SSSR count). The summed E-state index contributed by atoms with van der Waals surface area (Å²) < 4.78 is 11.8. The molecule has 1 aromatic carbocycles. The van der Waals surface area contributed by atoms with Crippen LogP contribution >= 0.6 is 0 Å². The molecule has 49 heavy (non-hydrogen) atoms. The molecular formula is C44H64O5. The van der Waals surface area contributed by atoms with E-state index in [2.05, 4.69) is 65.2 Å². The van der Waals surface area contributed by atoms with Crippen LogP contribution in [0, 0.1) is 68.0 Å². The Hall–Kier alpha value is -2.74. The number of hydrogen-bond acceptors (Lipinski definition) is 4. The molecule has 0 saturated heterocycles. The van der Waals surface area contributed by atoms with Gasteiger partial charge in [0.15, 0.2) is 0 Å². The number of esters is 1. The summed E-state index contributed by atoms with van der Waals surface area (Å²) in [5.41, 5.74) is 0.616. The fraction of sp³-hybridized carbons (Fsp3) is 0.727. The van der Waals surface area contributed by atoms with Crippen molar-refractivity contribution >= 4 is 11.9 Å². The Morgan fingerprint density at radius 2 is 1.61 bits per heavy atom. The Kier molecular flexibility index (Phi) is 10.3. The van der Waals surface area contributed by atoms with E-state index in [1.165, 1.54) is 51.4 Å². The second kappa shape index (κ2) is 13.4. The first-order chi connectivity index (χ1) is 23.0. The first kappa shape index (κ1) is 37.5. The van der Waals surface area contributed by atoms with E-state index in [-0.39, 0.29) is 40.2 Å². The lowest BCUT2D eigenvalue weighted by atomic mass is 9.32. The van der Waals surface area contributed by atoms with E-state index in [9.17, 15) is 14.7 Å². The van der Waals surface area contributed by atoms with Crippen molar-refractivity contribution in [3.63, 3.8) is 0 Å². The largest absolute Gasteiger partial charge is 0.495 e. The minimum atomic E-state index is -1.12. The molecule has 5 heteroatoms. The highest BCUT2D eigenvalue weighted by molar-refractivity contribution is 5.81. The Bertz CT molecular complexity index is 1480. The third-order valence-corrected chi connectivity index (χ3v) is 15.3. The first-order valence-corrected chi connectivity index (χ1v) is 19.1. The number of hydrogen-bond donors (Lipinski definition) is 1. The van der Waals surface area contributed by atoms with Crippen molar-refractivity contribution in [2.75, 3.05) is 7.11 Å². The van der Waals surface area contributed by atoms with E-state index in [0.29, 0.717) is 29.1 Å². The number of benzene rings is 1. The Balaban J connectivity index is 0.00000151. The summed E-state index contributed by atoms with van der Waals surface area (Å²) in [6.45, 7) is 21.0. The van der Waals surface area contributed by atoms with Crippen LogP contribution in [0.2, 0.25) is 0 Å². The van der Waals surface area contributed by atoms with Gasteiger partial charge in [0, 0.05) is 10.8 Å². The number of carboxylic acids is 1. The lowest BCUT2D eigenvalue weighted by Gasteiger charge is -2.72. The zero-order valence-electron chi connectivity index (χ0n) is 32.0. The number of aliphatic carboxylic acids is 1. The van der Waals surface area contributed by atoms with Crippen LogP contribution in [-0.2, 0) is 14.3 Å². The maximum Gasteiger partial charge on any atom is 0.309 e. The highest BCUT2D eigenvalue weighted by Crippen LogP contribution is 2.76. The molecule has 5 aliphatic carbocycles. The van der Waals surface area contributed by atoms with Crippen molar-refractivity contribution in [1.29, 1.82) is 0 Å². The standard InChI is InChI=1S/C41H58O5.C3H6/c1-36(2,35(43)44)26-34(42)46-33-19-21-38(5)31(37(33,3)4)18-22-40(7)32(38)16-15-28-29-13-11-20-41(29,25-24-39(28,40)6)23-17-27-12-9-10-14-30(27)45-8;1-3-2/h9-10,12,14,28-29,31-33H,11,13,15-16,18-22,24-26H2,1-8H3,(H,43,44);3H,1H2,2H3/t28?,29?,31?,32?,33?,38?,39-,40?,41?;/m1./s1. The Morgan fingerprint density at radius 3 is 2.29 bits per heavy atom. The second-order valence-electron chi connectivity index (χ2n) is 18.4. The van der Waals surface area contributed by atoms with E-state index in [1.54, 1.807) is 27.0 Å². The monoisotopic (exact) mass is 672 g/mol. The lowest BCUT2D eigenvalue weighted by molar-refractivity contribution is -0.245. The van der Waals surface area contributed by atoms with Crippen LogP contribution in [0.25, 0.3) is 0 Å². The van der Waals surface area contributed by atoms with Gasteiger partial charge >= 0.3 is 11.9 Å². The molecule has 9 atom stereocenters. The minimum absolute atomic E-state index is 0.0940. The number of rotatable bonds is 5. The van der Waals surface area contributed by atoms with Crippen molar-refractivity contribution in [2.24, 2.45) is 56.2 Å². The normalized spacial score (nSPS) is 38.8. The molecule has 0 aliphatic heterocycles. The average molecular weight is 673 g/mol. The fourth-order valence-electron chi connectivity index (χ4n) is 12.5. The van der Waals surface area contributed by atoms with Gasteiger partial charge in [-0.1, -0.05) is 71.1 Å². The minimum Gasteiger partial charge on any atom is -0.495 e. The summed E-state index contributed by atoms with van der Waals surface area (Å²) >= 11 is 0. The summed E-state index contributed by atoms with van der Waals surface area (Å²) in [5, 5.41) is 9.56. The topological polar surface area (TPSA) is 72.8 Å². The zero-order valence-corrected chi connectivity index (χ0v) is 32.0. The van der Waals surface area contributed by atoms with Crippen LogP contribution in [0.3, 0.4) is 0 Å². The first-order valence-electron chi connectivity index (χ1n) is 19.1. The molecule has 0 amide bonds. The number of allylic oxidation sites excluding steroid dienone is 1. The van der Waals surface area contributed by atoms with E-state index in [4.69, 9.17) is 9.47 Å². The molecule has 0 radical (unpaired) electrons. The van der Waals surface area contributed by atoms with Crippen LogP contribution < -0.4 is 4.74 Å². The predicted molar refractivity (Wildman–Crippen MR) is 197 cm³/mol. The van der Waals surface area contributed by atoms with Gasteiger partial charge in [0.2, 0.25) is 0 Å². The molecule has 270 valence electrons. The number of para-hydroxylation sites is 1. The summed E-state index contributed by atoms with van der Waals surface area (Å²) in [4.78, 5) is 24.7. The van der Waals surface area contributed by atoms with Gasteiger partial charge in [-0.3, -0.25) is 9.59 Å². The molecule has 0 heterocycles. The lowest BCUT2D eigenvalue weighted by Crippen LogP contribution is -2.66. The van der Waals surface area contributed by atoms with Crippen molar-refractivity contribution < 1.29 is 24.2 Å². The quantitative estimate of drug-likeness (QED) is 0.191. The van der Waals surface area contributed by atoms with Gasteiger partial charge in [-0.2, -0.15) is 0 Å². The van der Waals surface area contributed by atoms with Gasteiger partial charge in [0.25, 0.3) is 0 Å². The smallest absolute Gasteiger partial charge is 0.309 e. The number of ether oxygens (including phenoxy) is 2. The van der Waals surface area contributed by atoms with E-state index < -0.39 is 11.4 Å². The number of carboxylic acid groups (broad SMARTS) is 1. The van der Waals surface area contributed by atoms with Crippen LogP contribution in [0.4, 0.5) is 0 Å². The van der Waals surface area contributed by atoms with Crippen molar-refractivity contribution in [3.8, 4) is 17.6 Å². The molecule has 0 aromatic heterocycles. The number of fused-ring (bicyclic) bond motifs is 7. The van der Waals surface area contributed by atoms with Gasteiger partial charge in [0.05, 0.1) is 24.5 Å². The maximum absolute atomic E-state index is 13.0. The highest BCUT2D eigenvalue weighted by Gasteiger charge is 2.70. The van der Waals surface area contributed by atoms with Gasteiger partial charge in [-0.25, -0.2) is 0 Å². The average Bonchev–Trinajstić information content (AvgIpc) is 3.46. The molecule has 0 bridgehead atoms. The van der Waals surface area contributed by atoms with Crippen molar-refractivity contribution in [2.45, 2.75) is 139 Å². The summed E-state index contributed by atoms with van der Waals surface area (Å²) in [6.07, 6.45) is 14.7. The summed E-state index contributed by atoms with van der Waals surface area (Å²) in [5.74, 6) is 9.57. The number of carbonyl (C=O) groups excluding carboxylic acids is 1. The molecule has 5 fully saturated rings. The van der Waals surface area contributed by atoms with E-state index >= 15 is 0 Å². The number of carbonyl (C=O) groups is 2. The molecule has 1 N–H and O–H groups in total. The van der Waals surface area contributed by atoms with E-state index in [1.807, 2.05) is 19.1 Å². The van der Waals surface area contributed by atoms with Crippen LogP contribution in [0.15, 0.2) is 36.9 Å². The third-order valence-electron chi connectivity index (χ3n) is 15.3. The molecule has 5 nitrogen and oxygen atoms in total. The van der Waals surface area contributed by atoms with Gasteiger partial charge in [-0.15, -0.1) is 6.58 Å². The third kappa shape index (κ3) is 6.16. The Labute approximate surface area is 297 Å². The van der Waals surface area contributed by atoms with Crippen molar-refractivity contribution in [3.05, 3.63) is 42.5 Å². The van der Waals surface area contributed by atoms with Crippen LogP contribution in [-0.4, -0.2) is 30.3 Å². The predicted octanol–water partition coefficient (Wildman–Crippen LogP) is 10.5. The summed E-state index contributed by atoms with van der Waals surface area (Å²) in [6, 6.07) is 8.19. The number of methoxy groups -OCH3 is 1. The van der Waals surface area contributed by atoms with Crippen LogP contribution in [0.5, 0.6) is 5.75 Å². The SMILES string of the molecule is C=CC.COc1ccccc1C#CC12CCCC1C1CCC3C4(C)CCC(OC(=O)CC(C)(C)C(=O)O)C(C)(C)C4CCC3(C)[C@]1(C)CC2. The van der Waals surface area contributed by atoms with Crippen LogP contribution in [0.1, 0.15) is 138 Å². The van der Waals surface area contributed by atoms with E-state index in [0.717, 1.165) is 30.6 Å². The van der Waals surface area contributed by atoms with Gasteiger partial charge in [-0.05, 0) is 137 Å². The molecule has 5 saturated carbocycles. The molecule has 0 spiro atoms. The highest BCUT2D eigenvalue weighted by atomic mass is 16.5. The summed E-state index contributed by atoms with van der Waals surface area (Å²) in [7, 11) is 1.74. The molecule has 5 aliphatic rings. The molecule has 8 unspecified atom stereocenters. The second-order valence-corrected chi connectivity index (χ2v) is 18.4. The fourth-order valence-corrected chi connectivity index (χ4v) is 12.5. The Morgan fingerprint density at radius 1 is 0.918 bits per heavy atom. The van der Waals surface area contributed by atoms with Gasteiger partial charge < -0.3 is 14.6 Å².